The molecule has 0 spiro atoms. The molecule has 1 saturated carbocycles. The van der Waals surface area contributed by atoms with E-state index < -0.39 is 5.91 Å². The van der Waals surface area contributed by atoms with Crippen LogP contribution in [0.2, 0.25) is 0 Å². The molecule has 0 bridgehead atoms. The van der Waals surface area contributed by atoms with Gasteiger partial charge in [-0.15, -0.1) is 0 Å². The van der Waals surface area contributed by atoms with E-state index in [2.05, 4.69) is 52.5 Å². The second kappa shape index (κ2) is 11.1. The minimum atomic E-state index is -0.523. The first-order valence-electron chi connectivity index (χ1n) is 11.7. The molecule has 0 radical (unpaired) electrons. The van der Waals surface area contributed by atoms with E-state index in [1.54, 1.807) is 11.6 Å². The van der Waals surface area contributed by atoms with E-state index in [4.69, 9.17) is 5.21 Å². The van der Waals surface area contributed by atoms with Crippen LogP contribution in [0.5, 0.6) is 0 Å². The van der Waals surface area contributed by atoms with E-state index in [-0.39, 0.29) is 0 Å². The molecule has 0 unspecified atom stereocenters. The Kier molecular flexibility index (Phi) is 7.75. The van der Waals surface area contributed by atoms with Gasteiger partial charge in [-0.1, -0.05) is 61.7 Å². The van der Waals surface area contributed by atoms with Crippen molar-refractivity contribution in [1.82, 2.24) is 15.4 Å². The fourth-order valence-electron chi connectivity index (χ4n) is 4.79. The lowest BCUT2D eigenvalue weighted by Gasteiger charge is -2.30. The number of H-pyrrole nitrogens is 1. The van der Waals surface area contributed by atoms with Crippen molar-refractivity contribution in [2.45, 2.75) is 45.1 Å². The van der Waals surface area contributed by atoms with Gasteiger partial charge in [-0.3, -0.25) is 14.9 Å². The summed E-state index contributed by atoms with van der Waals surface area (Å²) in [6, 6.07) is 16.8. The van der Waals surface area contributed by atoms with Gasteiger partial charge in [-0.05, 0) is 54.0 Å². The Labute approximate surface area is 190 Å². The molecule has 168 valence electrons. The van der Waals surface area contributed by atoms with Crippen molar-refractivity contribution in [3.8, 4) is 0 Å². The number of carbonyl (C=O) groups is 1. The van der Waals surface area contributed by atoms with Gasteiger partial charge in [-0.2, -0.15) is 0 Å². The van der Waals surface area contributed by atoms with E-state index in [1.807, 2.05) is 12.1 Å². The van der Waals surface area contributed by atoms with Crippen LogP contribution in [0.15, 0.2) is 60.8 Å². The Hall–Kier alpha value is -2.89. The maximum Gasteiger partial charge on any atom is 0.267 e. The molecule has 0 saturated heterocycles. The summed E-state index contributed by atoms with van der Waals surface area (Å²) in [4.78, 5) is 17.2. The van der Waals surface area contributed by atoms with Crippen LogP contribution in [-0.2, 0) is 17.8 Å². The van der Waals surface area contributed by atoms with Crippen LogP contribution >= 0.6 is 0 Å². The van der Waals surface area contributed by atoms with Gasteiger partial charge in [0.15, 0.2) is 0 Å². The molecule has 1 amide bonds. The highest BCUT2D eigenvalue weighted by Crippen LogP contribution is 2.26. The number of benzene rings is 2. The minimum absolute atomic E-state index is 0.523. The predicted octanol–water partition coefficient (Wildman–Crippen LogP) is 5.31. The number of hydrogen-bond acceptors (Lipinski definition) is 3. The van der Waals surface area contributed by atoms with Crippen molar-refractivity contribution in [3.05, 3.63) is 77.5 Å². The number of hydrogen-bond donors (Lipinski definition) is 3. The molecular weight excluding hydrogens is 398 g/mol. The van der Waals surface area contributed by atoms with Crippen LogP contribution in [-0.4, -0.2) is 34.1 Å². The third-order valence-corrected chi connectivity index (χ3v) is 6.54. The molecule has 0 aliphatic heterocycles. The summed E-state index contributed by atoms with van der Waals surface area (Å²) in [6.07, 6.45) is 13.0. The van der Waals surface area contributed by atoms with Crippen LogP contribution < -0.4 is 5.48 Å². The number of aromatic nitrogens is 1. The normalized spacial score (nSPS) is 15.1. The highest BCUT2D eigenvalue weighted by Gasteiger charge is 2.18. The molecule has 1 aliphatic carbocycles. The summed E-state index contributed by atoms with van der Waals surface area (Å²) >= 11 is 0. The van der Waals surface area contributed by atoms with Gasteiger partial charge in [0.1, 0.15) is 0 Å². The molecule has 5 nitrogen and oxygen atoms in total. The second-order valence-corrected chi connectivity index (χ2v) is 8.90. The van der Waals surface area contributed by atoms with Crippen molar-refractivity contribution < 1.29 is 10.0 Å². The van der Waals surface area contributed by atoms with Crippen molar-refractivity contribution in [3.63, 3.8) is 0 Å². The standard InChI is InChI=1S/C27H33N3O2/c31-27(29-32)15-14-21-10-12-23(13-11-21)20-30(19-22-6-2-1-3-7-22)17-16-24-18-28-26-9-5-4-8-25(24)26/h4-5,8-15,18,22,28,32H,1-3,6-7,16-17,19-20H2,(H,29,31)/b15-14+. The van der Waals surface area contributed by atoms with E-state index in [1.165, 1.54) is 60.2 Å². The number of aromatic amines is 1. The van der Waals surface area contributed by atoms with Gasteiger partial charge >= 0.3 is 0 Å². The average Bonchev–Trinajstić information content (AvgIpc) is 3.25. The maximum atomic E-state index is 11.2. The molecule has 32 heavy (non-hydrogen) atoms. The predicted molar refractivity (Wildman–Crippen MR) is 129 cm³/mol. The number of rotatable bonds is 9. The zero-order valence-electron chi connectivity index (χ0n) is 18.6. The number of nitrogens with zero attached hydrogens (tertiary/aromatic N) is 1. The number of carbonyl (C=O) groups excluding carboxylic acids is 1. The lowest BCUT2D eigenvalue weighted by Crippen LogP contribution is -2.32. The monoisotopic (exact) mass is 431 g/mol. The van der Waals surface area contributed by atoms with Crippen molar-refractivity contribution in [1.29, 1.82) is 0 Å². The maximum absolute atomic E-state index is 11.2. The van der Waals surface area contributed by atoms with Gasteiger partial charge in [0.2, 0.25) is 0 Å². The zero-order valence-corrected chi connectivity index (χ0v) is 18.6. The number of para-hydroxylation sites is 1. The lowest BCUT2D eigenvalue weighted by molar-refractivity contribution is -0.124. The van der Waals surface area contributed by atoms with Gasteiger partial charge in [0, 0.05) is 42.8 Å². The molecule has 3 N–H and O–H groups in total. The van der Waals surface area contributed by atoms with Gasteiger partial charge in [0.25, 0.3) is 5.91 Å². The molecule has 2 aromatic carbocycles. The minimum Gasteiger partial charge on any atom is -0.361 e. The fraction of sp³-hybridized carbons (Fsp3) is 0.370. The molecular formula is C27H33N3O2. The van der Waals surface area contributed by atoms with Crippen LogP contribution in [0.3, 0.4) is 0 Å². The third-order valence-electron chi connectivity index (χ3n) is 6.54. The number of nitrogens with one attached hydrogen (secondary N) is 2. The summed E-state index contributed by atoms with van der Waals surface area (Å²) < 4.78 is 0. The Balaban J connectivity index is 1.42. The molecule has 1 aromatic heterocycles. The Morgan fingerprint density at radius 3 is 2.66 bits per heavy atom. The summed E-state index contributed by atoms with van der Waals surface area (Å²) in [5.41, 5.74) is 6.43. The molecule has 1 aliphatic rings. The van der Waals surface area contributed by atoms with Gasteiger partial charge in [-0.25, -0.2) is 5.48 Å². The summed E-state index contributed by atoms with van der Waals surface area (Å²) in [6.45, 7) is 3.12. The second-order valence-electron chi connectivity index (χ2n) is 8.90. The van der Waals surface area contributed by atoms with Crippen LogP contribution in [0.1, 0.15) is 48.8 Å². The van der Waals surface area contributed by atoms with Crippen LogP contribution in [0.4, 0.5) is 0 Å². The smallest absolute Gasteiger partial charge is 0.267 e. The number of fused-ring (bicyclic) bond motifs is 1. The Morgan fingerprint density at radius 1 is 1.09 bits per heavy atom. The molecule has 5 heteroatoms. The Morgan fingerprint density at radius 2 is 1.88 bits per heavy atom. The largest absolute Gasteiger partial charge is 0.361 e. The highest BCUT2D eigenvalue weighted by molar-refractivity contribution is 5.90. The fourth-order valence-corrected chi connectivity index (χ4v) is 4.79. The average molecular weight is 432 g/mol. The number of hydroxylamine groups is 1. The molecule has 1 heterocycles. The first kappa shape index (κ1) is 22.3. The molecule has 0 atom stereocenters. The van der Waals surface area contributed by atoms with E-state index >= 15 is 0 Å². The first-order chi connectivity index (χ1) is 15.7. The van der Waals surface area contributed by atoms with Crippen molar-refractivity contribution >= 4 is 22.9 Å². The SMILES string of the molecule is O=C(/C=C/c1ccc(CN(CCc2c[nH]c3ccccc23)CC2CCCCC2)cc1)NO. The highest BCUT2D eigenvalue weighted by atomic mass is 16.5. The van der Waals surface area contributed by atoms with E-state index in [0.29, 0.717) is 0 Å². The van der Waals surface area contributed by atoms with Crippen LogP contribution in [0.25, 0.3) is 17.0 Å². The van der Waals surface area contributed by atoms with Crippen molar-refractivity contribution in [2.75, 3.05) is 13.1 Å². The van der Waals surface area contributed by atoms with Gasteiger partial charge in [0.05, 0.1) is 0 Å². The molecule has 4 rings (SSSR count). The number of amides is 1. The van der Waals surface area contributed by atoms with Crippen LogP contribution in [0, 0.1) is 5.92 Å². The summed E-state index contributed by atoms with van der Waals surface area (Å²) in [5.74, 6) is 0.274. The molecule has 3 aromatic rings. The summed E-state index contributed by atoms with van der Waals surface area (Å²) in [5, 5.41) is 9.94. The molecule has 1 fully saturated rings. The third kappa shape index (κ3) is 6.09. The van der Waals surface area contributed by atoms with E-state index in [9.17, 15) is 4.79 Å². The topological polar surface area (TPSA) is 68.4 Å². The first-order valence-corrected chi connectivity index (χ1v) is 11.7. The van der Waals surface area contributed by atoms with Gasteiger partial charge < -0.3 is 4.98 Å². The zero-order chi connectivity index (χ0) is 22.2. The Bertz CT molecular complexity index is 1030. The van der Waals surface area contributed by atoms with E-state index in [0.717, 1.165) is 37.5 Å². The quantitative estimate of drug-likeness (QED) is 0.244. The summed E-state index contributed by atoms with van der Waals surface area (Å²) in [7, 11) is 0. The lowest BCUT2D eigenvalue weighted by atomic mass is 9.88. The van der Waals surface area contributed by atoms with Crippen molar-refractivity contribution in [2.24, 2.45) is 5.92 Å².